The molecule has 6 heteroatoms. The van der Waals surface area contributed by atoms with Gasteiger partial charge in [-0.1, -0.05) is 60.7 Å². The SMILES string of the molecule is Cc1cc(C)n([C@H](n2ccc(-c3ccccc3)n2)n2nc(-c3ccccc3)cc2C)n1. The van der Waals surface area contributed by atoms with Crippen LogP contribution in [0.15, 0.2) is 85.1 Å². The maximum Gasteiger partial charge on any atom is 0.238 e. The summed E-state index contributed by atoms with van der Waals surface area (Å²) in [6.07, 6.45) is 1.65. The van der Waals surface area contributed by atoms with E-state index < -0.39 is 0 Å². The largest absolute Gasteiger partial charge is 0.238 e. The Morgan fingerprint density at radius 2 is 1.19 bits per heavy atom. The summed E-state index contributed by atoms with van der Waals surface area (Å²) in [6.45, 7) is 6.13. The molecule has 0 saturated carbocycles. The van der Waals surface area contributed by atoms with Gasteiger partial charge in [0.1, 0.15) is 0 Å². The van der Waals surface area contributed by atoms with Crippen molar-refractivity contribution in [1.29, 1.82) is 0 Å². The van der Waals surface area contributed by atoms with E-state index in [0.717, 1.165) is 39.6 Å². The van der Waals surface area contributed by atoms with Gasteiger partial charge in [0.25, 0.3) is 0 Å². The standard InChI is InChI=1S/C25H24N6/c1-18-16-19(2)30(26-18)25(29-15-14-23(27-29)21-10-6-4-7-11-21)31-20(3)17-24(28-31)22-12-8-5-9-13-22/h4-17,25H,1-3H3/t25-/m0/s1. The predicted molar refractivity (Wildman–Crippen MR) is 122 cm³/mol. The first-order chi connectivity index (χ1) is 15.1. The van der Waals surface area contributed by atoms with Crippen molar-refractivity contribution in [3.63, 3.8) is 0 Å². The first-order valence-corrected chi connectivity index (χ1v) is 10.3. The van der Waals surface area contributed by atoms with E-state index in [-0.39, 0.29) is 6.29 Å². The monoisotopic (exact) mass is 408 g/mol. The molecular weight excluding hydrogens is 384 g/mol. The molecule has 0 aliphatic heterocycles. The summed E-state index contributed by atoms with van der Waals surface area (Å²) in [7, 11) is 0. The molecule has 5 rings (SSSR count). The van der Waals surface area contributed by atoms with Crippen molar-refractivity contribution in [2.24, 2.45) is 0 Å². The summed E-state index contributed by atoms with van der Waals surface area (Å²) in [6, 6.07) is 26.6. The maximum atomic E-state index is 4.96. The van der Waals surface area contributed by atoms with Crippen LogP contribution >= 0.6 is 0 Å². The summed E-state index contributed by atoms with van der Waals surface area (Å²) in [5.74, 6) is 0. The van der Waals surface area contributed by atoms with Crippen LogP contribution in [0.4, 0.5) is 0 Å². The van der Waals surface area contributed by atoms with Gasteiger partial charge in [-0.15, -0.1) is 0 Å². The first-order valence-electron chi connectivity index (χ1n) is 10.3. The lowest BCUT2D eigenvalue weighted by Crippen LogP contribution is -2.30. The number of hydrogen-bond donors (Lipinski definition) is 0. The molecule has 0 unspecified atom stereocenters. The third-order valence-electron chi connectivity index (χ3n) is 5.39. The molecule has 2 aromatic carbocycles. The Morgan fingerprint density at radius 1 is 0.613 bits per heavy atom. The molecule has 1 atom stereocenters. The van der Waals surface area contributed by atoms with Gasteiger partial charge in [-0.25, -0.2) is 14.0 Å². The van der Waals surface area contributed by atoms with Crippen molar-refractivity contribution < 1.29 is 0 Å². The molecule has 0 aliphatic rings. The summed E-state index contributed by atoms with van der Waals surface area (Å²) < 4.78 is 5.89. The van der Waals surface area contributed by atoms with E-state index >= 15 is 0 Å². The Hall–Kier alpha value is -3.93. The van der Waals surface area contributed by atoms with Crippen molar-refractivity contribution in [2.45, 2.75) is 27.1 Å². The van der Waals surface area contributed by atoms with E-state index in [1.165, 1.54) is 0 Å². The fourth-order valence-electron chi connectivity index (χ4n) is 3.91. The molecular formula is C25H24N6. The number of aryl methyl sites for hydroxylation is 3. The summed E-state index contributed by atoms with van der Waals surface area (Å²) in [5, 5.41) is 14.6. The highest BCUT2D eigenvalue weighted by Gasteiger charge is 2.23. The summed E-state index contributed by atoms with van der Waals surface area (Å²) in [5.41, 5.74) is 7.06. The quantitative estimate of drug-likeness (QED) is 0.407. The smallest absolute Gasteiger partial charge is 0.227 e. The number of aromatic nitrogens is 6. The molecule has 0 N–H and O–H groups in total. The molecule has 0 spiro atoms. The summed E-state index contributed by atoms with van der Waals surface area (Å²) >= 11 is 0. The van der Waals surface area contributed by atoms with Crippen molar-refractivity contribution in [3.05, 3.63) is 102 Å². The second-order valence-corrected chi connectivity index (χ2v) is 7.75. The maximum absolute atomic E-state index is 4.96. The molecule has 0 amide bonds. The Morgan fingerprint density at radius 3 is 1.81 bits per heavy atom. The van der Waals surface area contributed by atoms with Crippen LogP contribution in [0.3, 0.4) is 0 Å². The van der Waals surface area contributed by atoms with Crippen molar-refractivity contribution >= 4 is 0 Å². The van der Waals surface area contributed by atoms with E-state index in [4.69, 9.17) is 15.3 Å². The molecule has 31 heavy (non-hydrogen) atoms. The molecule has 3 heterocycles. The minimum absolute atomic E-state index is 0.344. The van der Waals surface area contributed by atoms with E-state index in [0.29, 0.717) is 0 Å². The van der Waals surface area contributed by atoms with Gasteiger partial charge in [0.05, 0.1) is 17.1 Å². The van der Waals surface area contributed by atoms with Crippen molar-refractivity contribution in [2.75, 3.05) is 0 Å². The Kier molecular flexibility index (Phi) is 4.75. The number of nitrogens with zero attached hydrogens (tertiary/aromatic N) is 6. The third-order valence-corrected chi connectivity index (χ3v) is 5.39. The van der Waals surface area contributed by atoms with Crippen LogP contribution in [0.5, 0.6) is 0 Å². The van der Waals surface area contributed by atoms with Crippen LogP contribution in [0.25, 0.3) is 22.5 Å². The van der Waals surface area contributed by atoms with Crippen molar-refractivity contribution in [1.82, 2.24) is 29.3 Å². The van der Waals surface area contributed by atoms with Gasteiger partial charge in [-0.05, 0) is 39.0 Å². The zero-order valence-corrected chi connectivity index (χ0v) is 17.8. The lowest BCUT2D eigenvalue weighted by molar-refractivity contribution is 0.275. The minimum Gasteiger partial charge on any atom is -0.227 e. The normalized spacial score (nSPS) is 12.2. The van der Waals surface area contributed by atoms with Gasteiger partial charge in [0.2, 0.25) is 6.29 Å². The van der Waals surface area contributed by atoms with Crippen LogP contribution < -0.4 is 0 Å². The molecule has 154 valence electrons. The Balaban J connectivity index is 1.64. The van der Waals surface area contributed by atoms with Crippen molar-refractivity contribution in [3.8, 4) is 22.5 Å². The van der Waals surface area contributed by atoms with E-state index in [2.05, 4.69) is 50.2 Å². The Bertz CT molecular complexity index is 1310. The van der Waals surface area contributed by atoms with Gasteiger partial charge in [0, 0.05) is 28.7 Å². The lowest BCUT2D eigenvalue weighted by atomic mass is 10.1. The highest BCUT2D eigenvalue weighted by Crippen LogP contribution is 2.25. The topological polar surface area (TPSA) is 53.5 Å². The fraction of sp³-hybridized carbons (Fsp3) is 0.160. The molecule has 0 radical (unpaired) electrons. The fourth-order valence-corrected chi connectivity index (χ4v) is 3.91. The lowest BCUT2D eigenvalue weighted by Gasteiger charge is -2.21. The number of hydrogen-bond acceptors (Lipinski definition) is 3. The van der Waals surface area contributed by atoms with Gasteiger partial charge < -0.3 is 0 Å². The van der Waals surface area contributed by atoms with Crippen LogP contribution in [-0.4, -0.2) is 29.3 Å². The van der Waals surface area contributed by atoms with E-state index in [1.807, 2.05) is 69.6 Å². The number of benzene rings is 2. The average molecular weight is 409 g/mol. The first kappa shape index (κ1) is 19.1. The van der Waals surface area contributed by atoms with Crippen LogP contribution in [0.1, 0.15) is 23.4 Å². The molecule has 3 aromatic heterocycles. The minimum atomic E-state index is -0.344. The molecule has 0 fully saturated rings. The summed E-state index contributed by atoms with van der Waals surface area (Å²) in [4.78, 5) is 0. The molecule has 6 nitrogen and oxygen atoms in total. The molecule has 5 aromatic rings. The molecule has 0 bridgehead atoms. The second-order valence-electron chi connectivity index (χ2n) is 7.75. The highest BCUT2D eigenvalue weighted by atomic mass is 15.6. The zero-order chi connectivity index (χ0) is 21.4. The van der Waals surface area contributed by atoms with Gasteiger partial charge in [0.15, 0.2) is 0 Å². The van der Waals surface area contributed by atoms with Crippen LogP contribution in [0, 0.1) is 20.8 Å². The van der Waals surface area contributed by atoms with E-state index in [1.54, 1.807) is 0 Å². The highest BCUT2D eigenvalue weighted by molar-refractivity contribution is 5.59. The van der Waals surface area contributed by atoms with Gasteiger partial charge in [-0.2, -0.15) is 15.3 Å². The zero-order valence-electron chi connectivity index (χ0n) is 17.8. The van der Waals surface area contributed by atoms with E-state index in [9.17, 15) is 0 Å². The average Bonchev–Trinajstić information content (AvgIpc) is 3.50. The molecule has 0 saturated heterocycles. The third kappa shape index (κ3) is 3.57. The van der Waals surface area contributed by atoms with Crippen LogP contribution in [0.2, 0.25) is 0 Å². The predicted octanol–water partition coefficient (Wildman–Crippen LogP) is 5.09. The van der Waals surface area contributed by atoms with Gasteiger partial charge in [-0.3, -0.25) is 0 Å². The Labute approximate surface area is 181 Å². The molecule has 0 aliphatic carbocycles. The second kappa shape index (κ2) is 7.72. The van der Waals surface area contributed by atoms with Gasteiger partial charge >= 0.3 is 0 Å². The van der Waals surface area contributed by atoms with Crippen LogP contribution in [-0.2, 0) is 0 Å². The number of rotatable bonds is 5.